The maximum Gasteiger partial charge on any atom is 0.264 e. The highest BCUT2D eigenvalue weighted by Crippen LogP contribution is 2.31. The van der Waals surface area contributed by atoms with Crippen molar-refractivity contribution in [3.8, 4) is 0 Å². The fourth-order valence-electron chi connectivity index (χ4n) is 5.96. The van der Waals surface area contributed by atoms with Gasteiger partial charge in [-0.2, -0.15) is 0 Å². The molecule has 1 saturated heterocycles. The van der Waals surface area contributed by atoms with Crippen LogP contribution in [-0.2, 0) is 13.0 Å². The second-order valence-corrected chi connectivity index (χ2v) is 11.7. The molecule has 2 N–H and O–H groups in total. The molecular weight excluding hydrogens is 579 g/mol. The zero-order chi connectivity index (χ0) is 31.7. The number of anilines is 5. The summed E-state index contributed by atoms with van der Waals surface area (Å²) in [5, 5.41) is 6.03. The predicted molar refractivity (Wildman–Crippen MR) is 171 cm³/mol. The molecule has 8 nitrogen and oxygen atoms in total. The van der Waals surface area contributed by atoms with Crippen molar-refractivity contribution in [3.63, 3.8) is 0 Å². The van der Waals surface area contributed by atoms with Crippen molar-refractivity contribution in [2.24, 2.45) is 0 Å². The quantitative estimate of drug-likeness (QED) is 0.247. The van der Waals surface area contributed by atoms with E-state index < -0.39 is 12.3 Å². The van der Waals surface area contributed by atoms with Crippen molar-refractivity contribution in [1.82, 2.24) is 14.9 Å². The number of likely N-dealkylation sites (N-methyl/N-ethyl adjacent to an activating group) is 1. The average Bonchev–Trinajstić information content (AvgIpc) is 3.02. The Balaban J connectivity index is 1.13. The van der Waals surface area contributed by atoms with Gasteiger partial charge < -0.3 is 25.3 Å². The summed E-state index contributed by atoms with van der Waals surface area (Å²) < 4.78 is 41.7. The molecule has 2 aliphatic heterocycles. The van der Waals surface area contributed by atoms with Gasteiger partial charge in [0.1, 0.15) is 5.82 Å². The van der Waals surface area contributed by atoms with Gasteiger partial charge >= 0.3 is 0 Å². The Kier molecular flexibility index (Phi) is 8.62. The standard InChI is InChI=1S/C34H36F3N7O/c1-21-7-8-25(39-33(45)27-6-4-5-26(22(27)2)32(36)37)18-31(21)44-12-11-29-23(20-44)19-38-34(41-29)40-24-9-10-30(28(35)17-24)43-15-13-42(3)14-16-43/h4-10,17-19,32H,11-16,20H2,1-3H3,(H,39,45)(H,38,40,41). The Bertz CT molecular complexity index is 1720. The fourth-order valence-corrected chi connectivity index (χ4v) is 5.96. The SMILES string of the molecule is Cc1ccc(NC(=O)c2cccc(C(F)F)c2C)cc1N1CCc2nc(Nc3ccc(N4CCN(C)CC4)c(F)c3)ncc2C1. The number of fused-ring (bicyclic) bond motifs is 1. The minimum Gasteiger partial charge on any atom is -0.367 e. The zero-order valence-electron chi connectivity index (χ0n) is 25.6. The lowest BCUT2D eigenvalue weighted by atomic mass is 10.0. The number of carbonyl (C=O) groups excluding carboxylic acids is 1. The monoisotopic (exact) mass is 615 g/mol. The number of benzene rings is 3. The summed E-state index contributed by atoms with van der Waals surface area (Å²) in [6, 6.07) is 15.2. The number of nitrogens with zero attached hydrogens (tertiary/aromatic N) is 5. The average molecular weight is 616 g/mol. The topological polar surface area (TPSA) is 76.6 Å². The van der Waals surface area contributed by atoms with Crippen LogP contribution in [0.5, 0.6) is 0 Å². The van der Waals surface area contributed by atoms with Crippen LogP contribution in [0.2, 0.25) is 0 Å². The van der Waals surface area contributed by atoms with Gasteiger partial charge in [-0.15, -0.1) is 0 Å². The van der Waals surface area contributed by atoms with Crippen LogP contribution in [0.25, 0.3) is 0 Å². The Labute approximate surface area is 260 Å². The molecule has 0 radical (unpaired) electrons. The van der Waals surface area contributed by atoms with Crippen LogP contribution in [0.3, 0.4) is 0 Å². The summed E-state index contributed by atoms with van der Waals surface area (Å²) in [5.74, 6) is -0.291. The van der Waals surface area contributed by atoms with E-state index in [4.69, 9.17) is 4.98 Å². The first kappa shape index (κ1) is 30.4. The van der Waals surface area contributed by atoms with Crippen LogP contribution >= 0.6 is 0 Å². The lowest BCUT2D eigenvalue weighted by Gasteiger charge is -2.34. The van der Waals surface area contributed by atoms with Crippen molar-refractivity contribution in [3.05, 3.63) is 100 Å². The first-order chi connectivity index (χ1) is 21.7. The largest absolute Gasteiger partial charge is 0.367 e. The molecule has 0 bridgehead atoms. The fraction of sp³-hybridized carbons (Fsp3) is 0.324. The van der Waals surface area contributed by atoms with Crippen LogP contribution in [0, 0.1) is 19.7 Å². The number of carbonyl (C=O) groups is 1. The summed E-state index contributed by atoms with van der Waals surface area (Å²) in [6.07, 6.45) is -0.173. The predicted octanol–water partition coefficient (Wildman–Crippen LogP) is 6.48. The molecule has 0 aliphatic carbocycles. The Hall–Kier alpha value is -4.64. The van der Waals surface area contributed by atoms with Gasteiger partial charge in [-0.1, -0.05) is 18.2 Å². The first-order valence-corrected chi connectivity index (χ1v) is 15.1. The van der Waals surface area contributed by atoms with E-state index in [0.717, 1.165) is 48.7 Å². The molecule has 0 spiro atoms. The first-order valence-electron chi connectivity index (χ1n) is 15.1. The number of hydrogen-bond donors (Lipinski definition) is 2. The number of amides is 1. The molecule has 0 saturated carbocycles. The van der Waals surface area contributed by atoms with Crippen LogP contribution in [-0.4, -0.2) is 60.5 Å². The summed E-state index contributed by atoms with van der Waals surface area (Å²) >= 11 is 0. The van der Waals surface area contributed by atoms with Crippen LogP contribution in [0.1, 0.15) is 44.7 Å². The molecule has 3 heterocycles. The molecule has 11 heteroatoms. The number of aromatic nitrogens is 2. The van der Waals surface area contributed by atoms with Crippen molar-refractivity contribution in [1.29, 1.82) is 0 Å². The molecule has 3 aromatic carbocycles. The van der Waals surface area contributed by atoms with E-state index in [1.54, 1.807) is 18.3 Å². The number of hydrogen-bond acceptors (Lipinski definition) is 7. The molecule has 1 fully saturated rings. The van der Waals surface area contributed by atoms with Gasteiger partial charge in [-0.05, 0) is 68.4 Å². The van der Waals surface area contributed by atoms with E-state index in [1.165, 1.54) is 25.1 Å². The molecule has 6 rings (SSSR count). The molecule has 45 heavy (non-hydrogen) atoms. The molecule has 234 valence electrons. The smallest absolute Gasteiger partial charge is 0.264 e. The summed E-state index contributed by atoms with van der Waals surface area (Å²) in [7, 11) is 2.07. The lowest BCUT2D eigenvalue weighted by Crippen LogP contribution is -2.44. The van der Waals surface area contributed by atoms with E-state index in [-0.39, 0.29) is 22.5 Å². The van der Waals surface area contributed by atoms with E-state index in [0.29, 0.717) is 42.5 Å². The number of nitrogens with one attached hydrogen (secondary N) is 2. The van der Waals surface area contributed by atoms with Gasteiger partial charge in [0.25, 0.3) is 12.3 Å². The molecule has 4 aromatic rings. The van der Waals surface area contributed by atoms with Gasteiger partial charge in [-0.25, -0.2) is 23.1 Å². The Morgan fingerprint density at radius 3 is 2.44 bits per heavy atom. The number of alkyl halides is 2. The number of halogens is 3. The van der Waals surface area contributed by atoms with E-state index >= 15 is 0 Å². The number of aryl methyl sites for hydroxylation is 1. The van der Waals surface area contributed by atoms with Crippen LogP contribution in [0.4, 0.5) is 41.9 Å². The minimum absolute atomic E-state index is 0.147. The normalized spacial score (nSPS) is 15.3. The zero-order valence-corrected chi connectivity index (χ0v) is 25.6. The third-order valence-corrected chi connectivity index (χ3v) is 8.64. The second kappa shape index (κ2) is 12.8. The Morgan fingerprint density at radius 1 is 0.911 bits per heavy atom. The molecule has 0 atom stereocenters. The summed E-state index contributed by atoms with van der Waals surface area (Å²) in [5.41, 5.74) is 6.02. The number of rotatable bonds is 7. The van der Waals surface area contributed by atoms with E-state index in [2.05, 4.69) is 37.4 Å². The molecule has 1 aromatic heterocycles. The highest BCUT2D eigenvalue weighted by Gasteiger charge is 2.22. The highest BCUT2D eigenvalue weighted by atomic mass is 19.3. The van der Waals surface area contributed by atoms with Crippen molar-refractivity contribution in [2.45, 2.75) is 33.2 Å². The van der Waals surface area contributed by atoms with Crippen molar-refractivity contribution < 1.29 is 18.0 Å². The van der Waals surface area contributed by atoms with E-state index in [9.17, 15) is 18.0 Å². The van der Waals surface area contributed by atoms with Gasteiger partial charge in [0.15, 0.2) is 0 Å². The Morgan fingerprint density at radius 2 is 1.69 bits per heavy atom. The third-order valence-electron chi connectivity index (χ3n) is 8.64. The summed E-state index contributed by atoms with van der Waals surface area (Å²) in [6.45, 7) is 8.22. The molecule has 1 amide bonds. The maximum absolute atomic E-state index is 15.0. The highest BCUT2D eigenvalue weighted by molar-refractivity contribution is 6.05. The second-order valence-electron chi connectivity index (χ2n) is 11.7. The molecule has 0 unspecified atom stereocenters. The maximum atomic E-state index is 15.0. The van der Waals surface area contributed by atoms with Crippen LogP contribution < -0.4 is 20.4 Å². The van der Waals surface area contributed by atoms with Crippen LogP contribution in [0.15, 0.2) is 60.8 Å². The van der Waals surface area contributed by atoms with Gasteiger partial charge in [0.2, 0.25) is 5.95 Å². The number of piperazine rings is 1. The van der Waals surface area contributed by atoms with Crippen molar-refractivity contribution >= 4 is 34.6 Å². The summed E-state index contributed by atoms with van der Waals surface area (Å²) in [4.78, 5) is 28.8. The minimum atomic E-state index is -2.65. The van der Waals surface area contributed by atoms with E-state index in [1.807, 2.05) is 31.2 Å². The third kappa shape index (κ3) is 6.58. The van der Waals surface area contributed by atoms with Crippen molar-refractivity contribution in [2.75, 3.05) is 60.2 Å². The lowest BCUT2D eigenvalue weighted by molar-refractivity contribution is 0.102. The van der Waals surface area contributed by atoms with Gasteiger partial charge in [0, 0.05) is 85.6 Å². The molecule has 2 aliphatic rings. The van der Waals surface area contributed by atoms with Gasteiger partial charge in [0.05, 0.1) is 11.4 Å². The molecular formula is C34H36F3N7O. The van der Waals surface area contributed by atoms with Gasteiger partial charge in [-0.3, -0.25) is 4.79 Å².